The third-order valence-electron chi connectivity index (χ3n) is 7.28. The molecule has 2 N–H and O–H groups in total. The van der Waals surface area contributed by atoms with E-state index in [2.05, 4.69) is 41.9 Å². The molecule has 3 aliphatic rings. The predicted molar refractivity (Wildman–Crippen MR) is 121 cm³/mol. The first-order valence-corrected chi connectivity index (χ1v) is 10.8. The number of rotatable bonds is 2. The van der Waals surface area contributed by atoms with Gasteiger partial charge in [-0.1, -0.05) is 25.0 Å². The Labute approximate surface area is 186 Å². The maximum atomic E-state index is 8.97. The van der Waals surface area contributed by atoms with Gasteiger partial charge in [0.1, 0.15) is 12.1 Å². The van der Waals surface area contributed by atoms with Crippen LogP contribution >= 0.6 is 0 Å². The molecule has 2 spiro atoms. The Morgan fingerprint density at radius 2 is 2.16 bits per heavy atom. The zero-order chi connectivity index (χ0) is 23.4. The second-order valence-electron chi connectivity index (χ2n) is 9.03. The highest BCUT2D eigenvalue weighted by Crippen LogP contribution is 2.62. The molecule has 1 aromatic heterocycles. The number of nitrogens with zero attached hydrogens (tertiary/aromatic N) is 2. The van der Waals surface area contributed by atoms with Gasteiger partial charge in [-0.2, -0.15) is 0 Å². The quantitative estimate of drug-likeness (QED) is 0.749. The van der Waals surface area contributed by atoms with E-state index in [4.69, 9.17) is 22.9 Å². The lowest BCUT2D eigenvalue weighted by Crippen LogP contribution is -2.48. The molecule has 0 bridgehead atoms. The molecule has 5 nitrogen and oxygen atoms in total. The molecule has 4 atom stereocenters. The third-order valence-corrected chi connectivity index (χ3v) is 7.28. The molecule has 0 amide bonds. The maximum absolute atomic E-state index is 8.97. The van der Waals surface area contributed by atoms with E-state index >= 15 is 0 Å². The van der Waals surface area contributed by atoms with Gasteiger partial charge in [0.15, 0.2) is 0 Å². The summed E-state index contributed by atoms with van der Waals surface area (Å²) in [6.45, 7) is 1.94. The fraction of sp³-hybridized carbons (Fsp3) is 0.462. The molecule has 1 aromatic carbocycles. The summed E-state index contributed by atoms with van der Waals surface area (Å²) in [4.78, 5) is 9.13. The van der Waals surface area contributed by atoms with E-state index in [1.165, 1.54) is 0 Å². The fourth-order valence-electron chi connectivity index (χ4n) is 5.91. The van der Waals surface area contributed by atoms with Crippen molar-refractivity contribution in [2.24, 2.45) is 22.1 Å². The van der Waals surface area contributed by atoms with Crippen molar-refractivity contribution >= 4 is 6.02 Å². The van der Waals surface area contributed by atoms with Gasteiger partial charge in [-0.25, -0.2) is 4.99 Å². The maximum Gasteiger partial charge on any atom is 0.283 e. The lowest BCUT2D eigenvalue weighted by molar-refractivity contribution is -0.0445. The summed E-state index contributed by atoms with van der Waals surface area (Å²) in [5.41, 5.74) is 9.10. The number of hydrogen-bond donors (Lipinski definition) is 1. The van der Waals surface area contributed by atoms with Crippen molar-refractivity contribution in [2.45, 2.75) is 51.2 Å². The standard InChI is InChI=1S/C26H29N3O2/c1-4-5-18-10-21(15-28-14-18)19-6-7-20-13-25(9-8-23(30-3)17(2)12-25)26(22(20)11-19)16-31-24(27)29-26/h6-7,10-11,14-15,17,23H,8-9,12-13,16H2,1-3H3,(H2,27,29)/t17-,23-,25-,26-/m1/s1/i16D2. The zero-order valence-corrected chi connectivity index (χ0v) is 18.2. The van der Waals surface area contributed by atoms with Crippen LogP contribution in [0.4, 0.5) is 0 Å². The van der Waals surface area contributed by atoms with Gasteiger partial charge < -0.3 is 15.2 Å². The Kier molecular flexibility index (Phi) is 4.24. The first-order chi connectivity index (χ1) is 15.7. The van der Waals surface area contributed by atoms with Gasteiger partial charge in [0, 0.05) is 36.0 Å². The van der Waals surface area contributed by atoms with Crippen LogP contribution < -0.4 is 5.73 Å². The van der Waals surface area contributed by atoms with Crippen molar-refractivity contribution in [3.05, 3.63) is 53.3 Å². The number of aliphatic imine (C=N–C) groups is 1. The molecule has 0 radical (unpaired) electrons. The molecule has 1 aliphatic heterocycles. The Bertz CT molecular complexity index is 1200. The van der Waals surface area contributed by atoms with E-state index in [1.807, 2.05) is 12.3 Å². The molecule has 31 heavy (non-hydrogen) atoms. The van der Waals surface area contributed by atoms with Crippen LogP contribution in [0, 0.1) is 23.2 Å². The third kappa shape index (κ3) is 3.04. The number of pyridine rings is 1. The SMILES string of the molecule is [2H]C1([2H])OC(N)=N[C@@]12c1cc(-c3cncc(C#CC)c3)ccc1C[C@]21CC[C@@H](OC)[C@H](C)C1. The van der Waals surface area contributed by atoms with Gasteiger partial charge in [0.25, 0.3) is 6.02 Å². The van der Waals surface area contributed by atoms with Crippen LogP contribution in [0.25, 0.3) is 11.1 Å². The minimum atomic E-state index is -2.05. The van der Waals surface area contributed by atoms with E-state index in [1.54, 1.807) is 20.2 Å². The zero-order valence-electron chi connectivity index (χ0n) is 20.2. The van der Waals surface area contributed by atoms with E-state index in [0.717, 1.165) is 53.5 Å². The van der Waals surface area contributed by atoms with Crippen molar-refractivity contribution in [3.63, 3.8) is 0 Å². The summed E-state index contributed by atoms with van der Waals surface area (Å²) in [6, 6.07) is 8.16. The molecule has 1 fully saturated rings. The van der Waals surface area contributed by atoms with Crippen LogP contribution in [0.2, 0.25) is 0 Å². The summed E-state index contributed by atoms with van der Waals surface area (Å²) >= 11 is 0. The molecule has 2 aromatic rings. The van der Waals surface area contributed by atoms with Crippen molar-refractivity contribution in [2.75, 3.05) is 13.7 Å². The van der Waals surface area contributed by atoms with Gasteiger partial charge in [0.05, 0.1) is 8.85 Å². The first kappa shape index (κ1) is 17.8. The van der Waals surface area contributed by atoms with E-state index in [9.17, 15) is 0 Å². The Morgan fingerprint density at radius 1 is 1.29 bits per heavy atom. The highest BCUT2D eigenvalue weighted by atomic mass is 16.5. The van der Waals surface area contributed by atoms with Crippen LogP contribution in [0.1, 0.15) is 52.5 Å². The van der Waals surface area contributed by atoms with Gasteiger partial charge >= 0.3 is 0 Å². The molecular formula is C26H29N3O2. The number of benzene rings is 1. The average molecular weight is 418 g/mol. The smallest absolute Gasteiger partial charge is 0.283 e. The van der Waals surface area contributed by atoms with Crippen LogP contribution in [-0.2, 0) is 21.4 Å². The molecular weight excluding hydrogens is 386 g/mol. The summed E-state index contributed by atoms with van der Waals surface area (Å²) in [7, 11) is 1.75. The highest BCUT2D eigenvalue weighted by Gasteiger charge is 2.62. The molecule has 5 heteroatoms. The van der Waals surface area contributed by atoms with Gasteiger partial charge in [-0.15, -0.1) is 5.92 Å². The van der Waals surface area contributed by atoms with Gasteiger partial charge in [-0.3, -0.25) is 4.98 Å². The second kappa shape index (κ2) is 7.39. The predicted octanol–water partition coefficient (Wildman–Crippen LogP) is 4.04. The fourth-order valence-corrected chi connectivity index (χ4v) is 5.91. The molecule has 2 aliphatic carbocycles. The lowest BCUT2D eigenvalue weighted by atomic mass is 9.59. The second-order valence-corrected chi connectivity index (χ2v) is 9.03. The van der Waals surface area contributed by atoms with Crippen LogP contribution in [0.15, 0.2) is 41.7 Å². The van der Waals surface area contributed by atoms with Gasteiger partial charge in [0.2, 0.25) is 0 Å². The number of hydrogen-bond acceptors (Lipinski definition) is 5. The first-order valence-electron chi connectivity index (χ1n) is 11.8. The average Bonchev–Trinajstić information content (AvgIpc) is 3.18. The van der Waals surface area contributed by atoms with E-state index in [-0.39, 0.29) is 18.0 Å². The summed E-state index contributed by atoms with van der Waals surface area (Å²) in [6.07, 6.45) is 6.89. The Hall–Kier alpha value is -2.84. The number of aromatic nitrogens is 1. The van der Waals surface area contributed by atoms with Crippen LogP contribution in [-0.4, -0.2) is 30.8 Å². The Balaban J connectivity index is 1.68. The molecule has 160 valence electrons. The molecule has 2 heterocycles. The lowest BCUT2D eigenvalue weighted by Gasteiger charge is -2.47. The monoisotopic (exact) mass is 417 g/mol. The van der Waals surface area contributed by atoms with E-state index < -0.39 is 17.5 Å². The number of amidine groups is 1. The Morgan fingerprint density at radius 3 is 2.87 bits per heavy atom. The van der Waals surface area contributed by atoms with Crippen LogP contribution in [0.5, 0.6) is 0 Å². The summed E-state index contributed by atoms with van der Waals surface area (Å²) in [5.74, 6) is 6.24. The number of fused-ring (bicyclic) bond motifs is 3. The minimum Gasteiger partial charge on any atom is -0.462 e. The molecule has 0 saturated heterocycles. The largest absolute Gasteiger partial charge is 0.462 e. The molecule has 5 rings (SSSR count). The van der Waals surface area contributed by atoms with Crippen LogP contribution in [0.3, 0.4) is 0 Å². The van der Waals surface area contributed by atoms with E-state index in [0.29, 0.717) is 0 Å². The molecule has 1 saturated carbocycles. The van der Waals surface area contributed by atoms with Crippen molar-refractivity contribution in [1.29, 1.82) is 0 Å². The number of nitrogens with two attached hydrogens (primary N) is 1. The number of methoxy groups -OCH3 is 1. The summed E-state index contributed by atoms with van der Waals surface area (Å²) in [5, 5.41) is 0. The normalized spacial score (nSPS) is 33.7. The number of ether oxygens (including phenoxy) is 2. The minimum absolute atomic E-state index is 0.0824. The van der Waals surface area contributed by atoms with Gasteiger partial charge in [-0.05, 0) is 67.3 Å². The van der Waals surface area contributed by atoms with Crippen molar-refractivity contribution in [3.8, 4) is 23.0 Å². The molecule has 0 unspecified atom stereocenters. The van der Waals surface area contributed by atoms with Crippen molar-refractivity contribution < 1.29 is 12.2 Å². The topological polar surface area (TPSA) is 69.7 Å². The highest BCUT2D eigenvalue weighted by molar-refractivity contribution is 5.76. The summed E-state index contributed by atoms with van der Waals surface area (Å²) < 4.78 is 29.2. The van der Waals surface area contributed by atoms with Crippen molar-refractivity contribution in [1.82, 2.24) is 4.98 Å².